The second-order valence-corrected chi connectivity index (χ2v) is 6.53. The SMILES string of the molecule is COc1cc2nccc(Cn3ccc4cc(C)ccc4c3=O)c2cc1OC. The summed E-state index contributed by atoms with van der Waals surface area (Å²) < 4.78 is 12.5. The molecule has 0 N–H and O–H groups in total. The molecule has 5 nitrogen and oxygen atoms in total. The zero-order valence-electron chi connectivity index (χ0n) is 15.5. The average molecular weight is 360 g/mol. The number of rotatable bonds is 4. The van der Waals surface area contributed by atoms with Gasteiger partial charge in [0.05, 0.1) is 26.3 Å². The van der Waals surface area contributed by atoms with E-state index in [1.165, 1.54) is 0 Å². The van der Waals surface area contributed by atoms with Crippen LogP contribution >= 0.6 is 0 Å². The largest absolute Gasteiger partial charge is 0.493 e. The van der Waals surface area contributed by atoms with Crippen molar-refractivity contribution in [1.82, 2.24) is 9.55 Å². The van der Waals surface area contributed by atoms with Crippen molar-refractivity contribution in [3.63, 3.8) is 0 Å². The predicted molar refractivity (Wildman–Crippen MR) is 107 cm³/mol. The van der Waals surface area contributed by atoms with E-state index in [2.05, 4.69) is 4.98 Å². The number of methoxy groups -OCH3 is 2. The molecule has 2 aromatic heterocycles. The van der Waals surface area contributed by atoms with Crippen molar-refractivity contribution in [2.24, 2.45) is 0 Å². The fraction of sp³-hybridized carbons (Fsp3) is 0.182. The maximum atomic E-state index is 12.9. The maximum absolute atomic E-state index is 12.9. The molecule has 0 saturated heterocycles. The van der Waals surface area contributed by atoms with Crippen LogP contribution in [-0.4, -0.2) is 23.8 Å². The average Bonchev–Trinajstić information content (AvgIpc) is 2.69. The Bertz CT molecular complexity index is 1210. The molecule has 0 aliphatic carbocycles. The Labute approximate surface area is 156 Å². The summed E-state index contributed by atoms with van der Waals surface area (Å²) in [6, 6.07) is 13.6. The normalized spacial score (nSPS) is 11.1. The lowest BCUT2D eigenvalue weighted by atomic mass is 10.1. The number of aryl methyl sites for hydroxylation is 1. The Balaban J connectivity index is 1.84. The Morgan fingerprint density at radius 1 is 0.963 bits per heavy atom. The molecule has 0 aliphatic heterocycles. The number of hydrogen-bond donors (Lipinski definition) is 0. The minimum absolute atomic E-state index is 0.00191. The van der Waals surface area contributed by atoms with E-state index in [1.54, 1.807) is 25.0 Å². The first-order valence-corrected chi connectivity index (χ1v) is 8.70. The van der Waals surface area contributed by atoms with Crippen LogP contribution in [0.5, 0.6) is 11.5 Å². The Morgan fingerprint density at radius 2 is 1.74 bits per heavy atom. The highest BCUT2D eigenvalue weighted by Crippen LogP contribution is 2.32. The maximum Gasteiger partial charge on any atom is 0.258 e. The van der Waals surface area contributed by atoms with Crippen LogP contribution < -0.4 is 15.0 Å². The van der Waals surface area contributed by atoms with Gasteiger partial charge in [0.25, 0.3) is 5.56 Å². The fourth-order valence-electron chi connectivity index (χ4n) is 3.38. The van der Waals surface area contributed by atoms with Crippen molar-refractivity contribution >= 4 is 21.7 Å². The third-order valence-corrected chi connectivity index (χ3v) is 4.81. The smallest absolute Gasteiger partial charge is 0.258 e. The van der Waals surface area contributed by atoms with Crippen LogP contribution in [0.2, 0.25) is 0 Å². The van der Waals surface area contributed by atoms with E-state index in [0.29, 0.717) is 18.0 Å². The molecular weight excluding hydrogens is 340 g/mol. The molecule has 136 valence electrons. The number of hydrogen-bond acceptors (Lipinski definition) is 4. The lowest BCUT2D eigenvalue weighted by molar-refractivity contribution is 0.355. The third kappa shape index (κ3) is 3.01. The molecule has 0 saturated carbocycles. The van der Waals surface area contributed by atoms with Gasteiger partial charge in [0.1, 0.15) is 0 Å². The van der Waals surface area contributed by atoms with Gasteiger partial charge in [0, 0.05) is 29.2 Å². The zero-order chi connectivity index (χ0) is 19.0. The number of pyridine rings is 2. The Hall–Kier alpha value is -3.34. The monoisotopic (exact) mass is 360 g/mol. The zero-order valence-corrected chi connectivity index (χ0v) is 15.5. The van der Waals surface area contributed by atoms with Crippen molar-refractivity contribution in [3.8, 4) is 11.5 Å². The summed E-state index contributed by atoms with van der Waals surface area (Å²) in [6.07, 6.45) is 3.59. The van der Waals surface area contributed by atoms with Crippen LogP contribution in [0, 0.1) is 6.92 Å². The van der Waals surface area contributed by atoms with Crippen molar-refractivity contribution in [3.05, 3.63) is 76.3 Å². The van der Waals surface area contributed by atoms with Crippen molar-refractivity contribution < 1.29 is 9.47 Å². The minimum atomic E-state index is -0.00191. The molecule has 5 heteroatoms. The van der Waals surface area contributed by atoms with Gasteiger partial charge in [-0.05, 0) is 42.1 Å². The molecule has 0 bridgehead atoms. The van der Waals surface area contributed by atoms with Crippen molar-refractivity contribution in [2.45, 2.75) is 13.5 Å². The summed E-state index contributed by atoms with van der Waals surface area (Å²) in [6.45, 7) is 2.48. The van der Waals surface area contributed by atoms with Gasteiger partial charge in [-0.15, -0.1) is 0 Å². The molecule has 0 atom stereocenters. The van der Waals surface area contributed by atoms with Crippen LogP contribution in [0.1, 0.15) is 11.1 Å². The summed E-state index contributed by atoms with van der Waals surface area (Å²) in [7, 11) is 3.21. The lowest BCUT2D eigenvalue weighted by Crippen LogP contribution is -2.20. The summed E-state index contributed by atoms with van der Waals surface area (Å²) in [5, 5.41) is 2.62. The topological polar surface area (TPSA) is 53.4 Å². The molecule has 4 rings (SSSR count). The van der Waals surface area contributed by atoms with Crippen LogP contribution in [-0.2, 0) is 6.54 Å². The summed E-state index contributed by atoms with van der Waals surface area (Å²) >= 11 is 0. The first kappa shape index (κ1) is 17.1. The van der Waals surface area contributed by atoms with E-state index in [9.17, 15) is 4.79 Å². The van der Waals surface area contributed by atoms with Crippen LogP contribution in [0.25, 0.3) is 21.7 Å². The number of nitrogens with zero attached hydrogens (tertiary/aromatic N) is 2. The molecule has 4 aromatic rings. The molecule has 0 unspecified atom stereocenters. The van der Waals surface area contributed by atoms with E-state index in [1.807, 2.05) is 55.6 Å². The van der Waals surface area contributed by atoms with Crippen LogP contribution in [0.15, 0.2) is 59.7 Å². The Morgan fingerprint density at radius 3 is 2.52 bits per heavy atom. The van der Waals surface area contributed by atoms with Crippen LogP contribution in [0.4, 0.5) is 0 Å². The summed E-state index contributed by atoms with van der Waals surface area (Å²) in [4.78, 5) is 17.3. The van der Waals surface area contributed by atoms with E-state index in [-0.39, 0.29) is 5.56 Å². The van der Waals surface area contributed by atoms with E-state index >= 15 is 0 Å². The van der Waals surface area contributed by atoms with Crippen molar-refractivity contribution in [1.29, 1.82) is 0 Å². The van der Waals surface area contributed by atoms with Crippen molar-refractivity contribution in [2.75, 3.05) is 14.2 Å². The molecule has 0 radical (unpaired) electrons. The fourth-order valence-corrected chi connectivity index (χ4v) is 3.38. The van der Waals surface area contributed by atoms with Gasteiger partial charge < -0.3 is 14.0 Å². The Kier molecular flexibility index (Phi) is 4.28. The molecular formula is C22H20N2O3. The molecule has 0 fully saturated rings. The van der Waals surface area contributed by atoms with Gasteiger partial charge in [-0.2, -0.15) is 0 Å². The highest BCUT2D eigenvalue weighted by atomic mass is 16.5. The molecule has 2 aromatic carbocycles. The van der Waals surface area contributed by atoms with Gasteiger partial charge in [0.15, 0.2) is 11.5 Å². The van der Waals surface area contributed by atoms with Crippen LogP contribution in [0.3, 0.4) is 0 Å². The second kappa shape index (κ2) is 6.76. The van der Waals surface area contributed by atoms with E-state index in [0.717, 1.165) is 32.8 Å². The van der Waals surface area contributed by atoms with Gasteiger partial charge in [-0.25, -0.2) is 0 Å². The highest BCUT2D eigenvalue weighted by Gasteiger charge is 2.11. The van der Waals surface area contributed by atoms with E-state index < -0.39 is 0 Å². The van der Waals surface area contributed by atoms with Gasteiger partial charge in [-0.1, -0.05) is 17.7 Å². The second-order valence-electron chi connectivity index (χ2n) is 6.53. The molecule has 2 heterocycles. The number of aromatic nitrogens is 2. The summed E-state index contributed by atoms with van der Waals surface area (Å²) in [5.74, 6) is 1.27. The number of fused-ring (bicyclic) bond motifs is 2. The van der Waals surface area contributed by atoms with Gasteiger partial charge in [0.2, 0.25) is 0 Å². The van der Waals surface area contributed by atoms with Gasteiger partial charge in [-0.3, -0.25) is 9.78 Å². The quantitative estimate of drug-likeness (QED) is 0.553. The number of ether oxygens (including phenoxy) is 2. The first-order chi connectivity index (χ1) is 13.1. The van der Waals surface area contributed by atoms with Gasteiger partial charge >= 0.3 is 0 Å². The highest BCUT2D eigenvalue weighted by molar-refractivity contribution is 5.86. The predicted octanol–water partition coefficient (Wildman–Crippen LogP) is 3.92. The minimum Gasteiger partial charge on any atom is -0.493 e. The molecule has 0 amide bonds. The molecule has 0 spiro atoms. The molecule has 27 heavy (non-hydrogen) atoms. The third-order valence-electron chi connectivity index (χ3n) is 4.81. The summed E-state index contributed by atoms with van der Waals surface area (Å²) in [5.41, 5.74) is 2.93. The van der Waals surface area contributed by atoms with E-state index in [4.69, 9.17) is 9.47 Å². The standard InChI is InChI=1S/C22H20N2O3/c1-14-4-5-17-15(10-14)7-9-24(22(17)25)13-16-6-8-23-19-12-21(27-3)20(26-2)11-18(16)19/h4-12H,13H2,1-3H3. The molecule has 0 aliphatic rings. The lowest BCUT2D eigenvalue weighted by Gasteiger charge is -2.13. The number of benzene rings is 2. The first-order valence-electron chi connectivity index (χ1n) is 8.70.